The summed E-state index contributed by atoms with van der Waals surface area (Å²) in [5, 5.41) is 5.19. The normalized spacial score (nSPS) is 11.1. The van der Waals surface area contributed by atoms with Crippen LogP contribution in [-0.4, -0.2) is 15.6 Å². The number of hydrogen-bond acceptors (Lipinski definition) is 3. The van der Waals surface area contributed by atoms with Crippen molar-refractivity contribution < 1.29 is 9.32 Å². The lowest BCUT2D eigenvalue weighted by atomic mass is 10.1. The third-order valence-corrected chi connectivity index (χ3v) is 5.57. The van der Waals surface area contributed by atoms with E-state index in [1.54, 1.807) is 30.3 Å². The molecule has 2 N–H and O–H groups in total. The molecule has 0 saturated heterocycles. The van der Waals surface area contributed by atoms with Crippen LogP contribution in [0.3, 0.4) is 0 Å². The fraction of sp³-hybridized carbons (Fsp3) is 0.130. The third kappa shape index (κ3) is 3.86. The van der Waals surface area contributed by atoms with Crippen LogP contribution in [0.1, 0.15) is 27.2 Å². The zero-order valence-electron chi connectivity index (χ0n) is 16.4. The molecular weight excluding hydrogens is 421 g/mol. The van der Waals surface area contributed by atoms with Gasteiger partial charge < -0.3 is 14.8 Å². The predicted molar refractivity (Wildman–Crippen MR) is 119 cm³/mol. The van der Waals surface area contributed by atoms with E-state index in [0.29, 0.717) is 44.9 Å². The molecule has 4 rings (SSSR count). The van der Waals surface area contributed by atoms with Gasteiger partial charge >= 0.3 is 0 Å². The number of halogens is 2. The molecule has 0 aliphatic rings. The maximum atomic E-state index is 12.0. The van der Waals surface area contributed by atoms with E-state index < -0.39 is 5.91 Å². The molecule has 0 saturated carbocycles. The predicted octanol–water partition coefficient (Wildman–Crippen LogP) is 5.88. The molecule has 5 nitrogen and oxygen atoms in total. The average Bonchev–Trinajstić information content (AvgIpc) is 3.27. The first kappa shape index (κ1) is 20.3. The second-order valence-electron chi connectivity index (χ2n) is 7.17. The molecule has 0 atom stereocenters. The lowest BCUT2D eigenvalue weighted by molar-refractivity contribution is 0.0999. The molecule has 0 aliphatic carbocycles. The van der Waals surface area contributed by atoms with Crippen molar-refractivity contribution >= 4 is 29.1 Å². The van der Waals surface area contributed by atoms with Gasteiger partial charge in [0.1, 0.15) is 5.69 Å². The lowest BCUT2D eigenvalue weighted by Gasteiger charge is -2.11. The molecule has 152 valence electrons. The fourth-order valence-corrected chi connectivity index (χ4v) is 4.02. The molecule has 1 amide bonds. The summed E-state index contributed by atoms with van der Waals surface area (Å²) in [6, 6.07) is 16.9. The van der Waals surface area contributed by atoms with Gasteiger partial charge in [0.2, 0.25) is 0 Å². The molecule has 0 fully saturated rings. The molecule has 2 aromatic heterocycles. The van der Waals surface area contributed by atoms with Crippen molar-refractivity contribution in [2.24, 2.45) is 5.73 Å². The summed E-state index contributed by atoms with van der Waals surface area (Å²) < 4.78 is 7.63. The van der Waals surface area contributed by atoms with E-state index in [0.717, 1.165) is 16.8 Å². The molecule has 4 aromatic rings. The number of primary amides is 1. The second-order valence-corrected chi connectivity index (χ2v) is 8.01. The minimum Gasteiger partial charge on any atom is -0.366 e. The number of rotatable bonds is 5. The minimum atomic E-state index is -0.489. The van der Waals surface area contributed by atoms with Crippen LogP contribution in [0.2, 0.25) is 10.0 Å². The SMILES string of the molecule is Cc1cccc(Cn2c(-c3cc(-c4ccc(Cl)cc4Cl)no3)cc(C(N)=O)c2C)c1. The maximum absolute atomic E-state index is 12.0. The summed E-state index contributed by atoms with van der Waals surface area (Å²) in [7, 11) is 0. The van der Waals surface area contributed by atoms with E-state index in [2.05, 4.69) is 11.2 Å². The second kappa shape index (κ2) is 8.01. The number of aromatic nitrogens is 2. The van der Waals surface area contributed by atoms with Crippen LogP contribution >= 0.6 is 23.2 Å². The zero-order valence-corrected chi connectivity index (χ0v) is 18.0. The Morgan fingerprint density at radius 1 is 1.10 bits per heavy atom. The number of benzene rings is 2. The number of nitrogens with two attached hydrogens (primary N) is 1. The summed E-state index contributed by atoms with van der Waals surface area (Å²) in [5.74, 6) is 0.0245. The van der Waals surface area contributed by atoms with Crippen LogP contribution < -0.4 is 5.73 Å². The third-order valence-electron chi connectivity index (χ3n) is 5.02. The van der Waals surface area contributed by atoms with Gasteiger partial charge in [-0.05, 0) is 43.7 Å². The highest BCUT2D eigenvalue weighted by Gasteiger charge is 2.21. The van der Waals surface area contributed by atoms with E-state index in [4.69, 9.17) is 33.5 Å². The van der Waals surface area contributed by atoms with E-state index in [9.17, 15) is 4.79 Å². The van der Waals surface area contributed by atoms with Crippen molar-refractivity contribution in [3.63, 3.8) is 0 Å². The van der Waals surface area contributed by atoms with Gasteiger partial charge in [0.05, 0.1) is 16.3 Å². The molecule has 0 radical (unpaired) electrons. The molecule has 0 unspecified atom stereocenters. The first-order valence-electron chi connectivity index (χ1n) is 9.31. The Hall–Kier alpha value is -3.02. The standard InChI is InChI=1S/C23H19Cl2N3O2/c1-13-4-3-5-15(8-13)12-28-14(2)18(23(26)29)10-21(28)22-11-20(27-30-22)17-7-6-16(24)9-19(17)25/h3-11H,12H2,1-2H3,(H2,26,29). The van der Waals surface area contributed by atoms with Crippen LogP contribution in [0, 0.1) is 13.8 Å². The number of aryl methyl sites for hydroxylation is 1. The Morgan fingerprint density at radius 3 is 2.60 bits per heavy atom. The van der Waals surface area contributed by atoms with Crippen LogP contribution in [0.5, 0.6) is 0 Å². The molecule has 2 aromatic carbocycles. The molecule has 0 aliphatic heterocycles. The highest BCUT2D eigenvalue weighted by atomic mass is 35.5. The van der Waals surface area contributed by atoms with Crippen LogP contribution in [0.25, 0.3) is 22.7 Å². The first-order chi connectivity index (χ1) is 14.3. The van der Waals surface area contributed by atoms with Gasteiger partial charge in [-0.25, -0.2) is 0 Å². The van der Waals surface area contributed by atoms with Crippen molar-refractivity contribution in [3.8, 4) is 22.7 Å². The van der Waals surface area contributed by atoms with Crippen LogP contribution in [0.15, 0.2) is 59.1 Å². The molecular formula is C23H19Cl2N3O2. The molecule has 0 spiro atoms. The molecule has 2 heterocycles. The van der Waals surface area contributed by atoms with Crippen LogP contribution in [-0.2, 0) is 6.54 Å². The number of carbonyl (C=O) groups excluding carboxylic acids is 1. The molecule has 0 bridgehead atoms. The van der Waals surface area contributed by atoms with Crippen molar-refractivity contribution in [2.75, 3.05) is 0 Å². The van der Waals surface area contributed by atoms with E-state index in [1.165, 1.54) is 0 Å². The molecule has 7 heteroatoms. The van der Waals surface area contributed by atoms with Crippen molar-refractivity contribution in [3.05, 3.63) is 87.0 Å². The highest BCUT2D eigenvalue weighted by molar-refractivity contribution is 6.36. The number of hydrogen-bond donors (Lipinski definition) is 1. The minimum absolute atomic E-state index is 0.445. The lowest BCUT2D eigenvalue weighted by Crippen LogP contribution is -2.12. The van der Waals surface area contributed by atoms with Gasteiger partial charge in [-0.15, -0.1) is 0 Å². The van der Waals surface area contributed by atoms with Gasteiger partial charge in [-0.2, -0.15) is 0 Å². The topological polar surface area (TPSA) is 74.1 Å². The van der Waals surface area contributed by atoms with Crippen molar-refractivity contribution in [1.29, 1.82) is 0 Å². The largest absolute Gasteiger partial charge is 0.366 e. The number of nitrogens with zero attached hydrogens (tertiary/aromatic N) is 2. The van der Waals surface area contributed by atoms with Crippen LogP contribution in [0.4, 0.5) is 0 Å². The smallest absolute Gasteiger partial charge is 0.250 e. The van der Waals surface area contributed by atoms with Gasteiger partial charge in [0.25, 0.3) is 5.91 Å². The zero-order chi connectivity index (χ0) is 21.4. The Bertz CT molecular complexity index is 1260. The maximum Gasteiger partial charge on any atom is 0.250 e. The Balaban J connectivity index is 1.79. The Kier molecular flexibility index (Phi) is 5.41. The van der Waals surface area contributed by atoms with E-state index in [-0.39, 0.29) is 0 Å². The van der Waals surface area contributed by atoms with Gasteiger partial charge in [-0.1, -0.05) is 58.2 Å². The van der Waals surface area contributed by atoms with Crippen molar-refractivity contribution in [2.45, 2.75) is 20.4 Å². The van der Waals surface area contributed by atoms with E-state index >= 15 is 0 Å². The summed E-state index contributed by atoms with van der Waals surface area (Å²) in [6.07, 6.45) is 0. The quantitative estimate of drug-likeness (QED) is 0.421. The summed E-state index contributed by atoms with van der Waals surface area (Å²) >= 11 is 12.3. The number of carbonyl (C=O) groups is 1. The van der Waals surface area contributed by atoms with Gasteiger partial charge in [-0.3, -0.25) is 4.79 Å². The monoisotopic (exact) mass is 439 g/mol. The highest BCUT2D eigenvalue weighted by Crippen LogP contribution is 2.34. The summed E-state index contributed by atoms with van der Waals surface area (Å²) in [6.45, 7) is 4.47. The van der Waals surface area contributed by atoms with E-state index in [1.807, 2.05) is 36.6 Å². The fourth-order valence-electron chi connectivity index (χ4n) is 3.52. The Labute approximate surface area is 184 Å². The van der Waals surface area contributed by atoms with Gasteiger partial charge in [0, 0.05) is 28.9 Å². The molecule has 30 heavy (non-hydrogen) atoms. The van der Waals surface area contributed by atoms with Gasteiger partial charge in [0.15, 0.2) is 5.76 Å². The van der Waals surface area contributed by atoms with Crippen molar-refractivity contribution in [1.82, 2.24) is 9.72 Å². The summed E-state index contributed by atoms with van der Waals surface area (Å²) in [4.78, 5) is 12.0. The summed E-state index contributed by atoms with van der Waals surface area (Å²) in [5.41, 5.74) is 11.1. The number of amides is 1. The first-order valence-corrected chi connectivity index (χ1v) is 10.1. The Morgan fingerprint density at radius 2 is 1.90 bits per heavy atom. The average molecular weight is 440 g/mol.